The Morgan fingerprint density at radius 2 is 2.05 bits per heavy atom. The molecule has 19 heavy (non-hydrogen) atoms. The molecule has 3 aliphatic rings. The number of fused-ring (bicyclic) bond motifs is 2. The molecule has 1 heterocycles. The number of amidine groups is 1. The fraction of sp³-hybridized carbons (Fsp3) is 0.938. The molecule has 108 valence electrons. The van der Waals surface area contributed by atoms with Crippen LogP contribution in [0.5, 0.6) is 0 Å². The maximum absolute atomic E-state index is 5.18. The largest absolute Gasteiger partial charge is 0.361 e. The van der Waals surface area contributed by atoms with E-state index in [1.54, 1.807) is 0 Å². The predicted octanol–water partition coefficient (Wildman–Crippen LogP) is 3.92. The minimum absolute atomic E-state index is 0.387. The van der Waals surface area contributed by atoms with Gasteiger partial charge in [0.05, 0.1) is 6.04 Å². The van der Waals surface area contributed by atoms with Crippen molar-refractivity contribution in [1.29, 1.82) is 0 Å². The number of hydrogen-bond acceptors (Lipinski definition) is 2. The molecule has 3 heteroatoms. The van der Waals surface area contributed by atoms with Gasteiger partial charge >= 0.3 is 0 Å². The van der Waals surface area contributed by atoms with Gasteiger partial charge < -0.3 is 5.32 Å². The molecule has 2 nitrogen and oxygen atoms in total. The molecule has 1 N–H and O–H groups in total. The van der Waals surface area contributed by atoms with E-state index in [0.717, 1.165) is 5.92 Å². The van der Waals surface area contributed by atoms with Crippen molar-refractivity contribution < 1.29 is 0 Å². The summed E-state index contributed by atoms with van der Waals surface area (Å²) in [4.78, 5) is 5.18. The molecule has 0 spiro atoms. The van der Waals surface area contributed by atoms with Crippen molar-refractivity contribution in [2.45, 2.75) is 66.0 Å². The van der Waals surface area contributed by atoms with Gasteiger partial charge in [0.25, 0.3) is 0 Å². The van der Waals surface area contributed by atoms with E-state index in [1.165, 1.54) is 30.2 Å². The molecule has 0 aromatic rings. The van der Waals surface area contributed by atoms with Crippen LogP contribution in [0.25, 0.3) is 0 Å². The first-order valence-electron chi connectivity index (χ1n) is 7.80. The molecule has 2 bridgehead atoms. The minimum Gasteiger partial charge on any atom is -0.361 e. The lowest BCUT2D eigenvalue weighted by Gasteiger charge is -2.40. The molecule has 1 aliphatic heterocycles. The van der Waals surface area contributed by atoms with Crippen molar-refractivity contribution in [3.05, 3.63) is 0 Å². The van der Waals surface area contributed by atoms with Crippen molar-refractivity contribution in [3.8, 4) is 0 Å². The zero-order chi connectivity index (χ0) is 13.8. The number of hydrogen-bond donors (Lipinski definition) is 1. The standard InChI is InChI=1S/C16H28N2S/c1-10(2)12-9-19-14(17-12)18-13-15(3,4)11-6-7-16(13,5)8-11/h10-13H,6-9H2,1-5H3,(H,17,18). The Morgan fingerprint density at radius 3 is 2.58 bits per heavy atom. The predicted molar refractivity (Wildman–Crippen MR) is 84.7 cm³/mol. The van der Waals surface area contributed by atoms with Crippen LogP contribution in [0.2, 0.25) is 0 Å². The van der Waals surface area contributed by atoms with Crippen molar-refractivity contribution in [2.24, 2.45) is 27.7 Å². The monoisotopic (exact) mass is 280 g/mol. The molecule has 0 aromatic heterocycles. The fourth-order valence-corrected chi connectivity index (χ4v) is 5.78. The molecule has 0 radical (unpaired) electrons. The number of thioether (sulfide) groups is 1. The molecular weight excluding hydrogens is 252 g/mol. The van der Waals surface area contributed by atoms with Crippen LogP contribution in [0, 0.1) is 22.7 Å². The average Bonchev–Trinajstić information content (AvgIpc) is 2.95. The maximum atomic E-state index is 5.18. The number of nitrogens with one attached hydrogen (secondary N) is 1. The third-order valence-electron chi connectivity index (χ3n) is 5.95. The number of aliphatic imine (C=N–C) groups is 1. The van der Waals surface area contributed by atoms with Gasteiger partial charge in [0.2, 0.25) is 0 Å². The number of rotatable bonds is 2. The molecule has 4 atom stereocenters. The molecule has 2 saturated carbocycles. The molecule has 0 amide bonds. The number of nitrogens with zero attached hydrogens (tertiary/aromatic N) is 1. The van der Waals surface area contributed by atoms with Crippen LogP contribution < -0.4 is 5.32 Å². The van der Waals surface area contributed by atoms with Crippen molar-refractivity contribution in [1.82, 2.24) is 5.32 Å². The summed E-state index contributed by atoms with van der Waals surface area (Å²) in [6.07, 6.45) is 4.18. The summed E-state index contributed by atoms with van der Waals surface area (Å²) >= 11 is 1.93. The Hall–Kier alpha value is -0.180. The van der Waals surface area contributed by atoms with Gasteiger partial charge in [-0.2, -0.15) is 0 Å². The van der Waals surface area contributed by atoms with E-state index in [9.17, 15) is 0 Å². The van der Waals surface area contributed by atoms with Crippen molar-refractivity contribution in [3.63, 3.8) is 0 Å². The van der Waals surface area contributed by atoms with E-state index in [2.05, 4.69) is 39.9 Å². The third kappa shape index (κ3) is 2.12. The molecule has 3 fully saturated rings. The van der Waals surface area contributed by atoms with Gasteiger partial charge in [0, 0.05) is 11.8 Å². The minimum atomic E-state index is 0.387. The highest BCUT2D eigenvalue weighted by molar-refractivity contribution is 8.14. The summed E-state index contributed by atoms with van der Waals surface area (Å²) in [5, 5.41) is 4.86. The Labute approximate surface area is 122 Å². The Balaban J connectivity index is 1.80. The topological polar surface area (TPSA) is 24.4 Å². The van der Waals surface area contributed by atoms with Gasteiger partial charge in [-0.3, -0.25) is 4.99 Å². The van der Waals surface area contributed by atoms with Crippen LogP contribution in [0.3, 0.4) is 0 Å². The summed E-state index contributed by atoms with van der Waals surface area (Å²) < 4.78 is 0. The fourth-order valence-electron chi connectivity index (χ4n) is 4.56. The summed E-state index contributed by atoms with van der Waals surface area (Å²) in [5.74, 6) is 2.77. The molecule has 3 rings (SSSR count). The highest BCUT2D eigenvalue weighted by Crippen LogP contribution is 2.63. The third-order valence-corrected chi connectivity index (χ3v) is 6.98. The summed E-state index contributed by atoms with van der Waals surface area (Å²) in [7, 11) is 0. The van der Waals surface area contributed by atoms with Crippen molar-refractivity contribution >= 4 is 16.9 Å². The quantitative estimate of drug-likeness (QED) is 0.829. The first-order valence-corrected chi connectivity index (χ1v) is 8.78. The highest BCUT2D eigenvalue weighted by Gasteiger charge is 2.59. The van der Waals surface area contributed by atoms with Crippen LogP contribution in [0.1, 0.15) is 53.9 Å². The molecule has 1 saturated heterocycles. The Bertz CT molecular complexity index is 397. The smallest absolute Gasteiger partial charge is 0.157 e. The normalized spacial score (nSPS) is 46.2. The molecule has 4 unspecified atom stereocenters. The van der Waals surface area contributed by atoms with Crippen LogP contribution in [0.4, 0.5) is 0 Å². The van der Waals surface area contributed by atoms with Crippen LogP contribution in [-0.2, 0) is 0 Å². The molecule has 0 aromatic carbocycles. The average molecular weight is 280 g/mol. The second-order valence-corrected chi connectivity index (χ2v) is 9.07. The summed E-state index contributed by atoms with van der Waals surface area (Å²) in [5.41, 5.74) is 0.845. The maximum Gasteiger partial charge on any atom is 0.157 e. The van der Waals surface area contributed by atoms with Crippen LogP contribution in [-0.4, -0.2) is 23.0 Å². The van der Waals surface area contributed by atoms with Gasteiger partial charge in [-0.05, 0) is 41.9 Å². The lowest BCUT2D eigenvalue weighted by atomic mass is 9.69. The van der Waals surface area contributed by atoms with Gasteiger partial charge in [-0.25, -0.2) is 0 Å². The zero-order valence-corrected chi connectivity index (χ0v) is 13.8. The SMILES string of the molecule is CC(C)C1CSC(=NC2C3(C)CCC(C3)C2(C)C)N1. The van der Waals surface area contributed by atoms with Crippen LogP contribution in [0.15, 0.2) is 4.99 Å². The van der Waals surface area contributed by atoms with E-state index in [-0.39, 0.29) is 0 Å². The summed E-state index contributed by atoms with van der Waals surface area (Å²) in [6.45, 7) is 11.9. The van der Waals surface area contributed by atoms with Gasteiger partial charge in [0.15, 0.2) is 5.17 Å². The Kier molecular flexibility index (Phi) is 3.20. The van der Waals surface area contributed by atoms with E-state index < -0.39 is 0 Å². The molecular formula is C16H28N2S. The van der Waals surface area contributed by atoms with E-state index >= 15 is 0 Å². The first-order chi connectivity index (χ1) is 8.83. The second-order valence-electron chi connectivity index (χ2n) is 8.06. The second kappa shape index (κ2) is 4.41. The van der Waals surface area contributed by atoms with Gasteiger partial charge in [-0.1, -0.05) is 46.4 Å². The van der Waals surface area contributed by atoms with E-state index in [1.807, 2.05) is 11.8 Å². The van der Waals surface area contributed by atoms with E-state index in [0.29, 0.717) is 28.8 Å². The highest BCUT2D eigenvalue weighted by atomic mass is 32.2. The molecule has 2 aliphatic carbocycles. The zero-order valence-electron chi connectivity index (χ0n) is 13.0. The van der Waals surface area contributed by atoms with E-state index in [4.69, 9.17) is 4.99 Å². The Morgan fingerprint density at radius 1 is 1.32 bits per heavy atom. The first kappa shape index (κ1) is 13.8. The lowest BCUT2D eigenvalue weighted by Crippen LogP contribution is -2.41. The van der Waals surface area contributed by atoms with Gasteiger partial charge in [-0.15, -0.1) is 0 Å². The van der Waals surface area contributed by atoms with Crippen molar-refractivity contribution in [2.75, 3.05) is 5.75 Å². The summed E-state index contributed by atoms with van der Waals surface area (Å²) in [6, 6.07) is 1.12. The lowest BCUT2D eigenvalue weighted by molar-refractivity contribution is 0.142. The van der Waals surface area contributed by atoms with Gasteiger partial charge in [0.1, 0.15) is 0 Å². The van der Waals surface area contributed by atoms with Crippen LogP contribution >= 0.6 is 11.8 Å².